The Kier molecular flexibility index (Phi) is 9.95. The van der Waals surface area contributed by atoms with Crippen LogP contribution in [0.15, 0.2) is 41.2 Å². The maximum atomic E-state index is 14.5. The zero-order valence-electron chi connectivity index (χ0n) is 21.6. The van der Waals surface area contributed by atoms with Gasteiger partial charge in [0.05, 0.1) is 23.1 Å². The number of piperazine rings is 1. The van der Waals surface area contributed by atoms with Gasteiger partial charge in [0.25, 0.3) is 11.5 Å². The van der Waals surface area contributed by atoms with Crippen molar-refractivity contribution in [3.63, 3.8) is 0 Å². The number of amides is 1. The first-order chi connectivity index (χ1) is 18.5. The number of hydrogen-bond donors (Lipinski definition) is 1. The number of rotatable bonds is 5. The Morgan fingerprint density at radius 3 is 2.44 bits per heavy atom. The lowest BCUT2D eigenvalue weighted by molar-refractivity contribution is -0.139. The van der Waals surface area contributed by atoms with Gasteiger partial charge in [-0.3, -0.25) is 9.59 Å². The van der Waals surface area contributed by atoms with Crippen LogP contribution in [0.3, 0.4) is 0 Å². The molecule has 0 atom stereocenters. The number of nitrogens with one attached hydrogen (secondary N) is 1. The Bertz CT molecular complexity index is 1450. The van der Waals surface area contributed by atoms with E-state index in [1.807, 2.05) is 13.1 Å². The van der Waals surface area contributed by atoms with E-state index in [0.717, 1.165) is 24.2 Å². The van der Waals surface area contributed by atoms with Crippen molar-refractivity contribution in [1.29, 1.82) is 0 Å². The number of benzene rings is 2. The van der Waals surface area contributed by atoms with Gasteiger partial charge in [0.2, 0.25) is 0 Å². The molecule has 7 nitrogen and oxygen atoms in total. The zero-order valence-corrected chi connectivity index (χ0v) is 21.6. The molecule has 2 heterocycles. The molecule has 1 N–H and O–H groups in total. The molecule has 0 aliphatic carbocycles. The second-order valence-corrected chi connectivity index (χ2v) is 9.04. The summed E-state index contributed by atoms with van der Waals surface area (Å²) in [5.74, 6) is 5.00. The summed E-state index contributed by atoms with van der Waals surface area (Å²) in [6, 6.07) is 9.91. The third-order valence-corrected chi connectivity index (χ3v) is 6.11. The number of aromatic nitrogens is 2. The van der Waals surface area contributed by atoms with Gasteiger partial charge in [0.1, 0.15) is 12.1 Å². The van der Waals surface area contributed by atoms with E-state index < -0.39 is 24.8 Å². The minimum absolute atomic E-state index is 0.0633. The molecular formula is C28H28F4N4O3. The van der Waals surface area contributed by atoms with E-state index in [4.69, 9.17) is 0 Å². The number of H-pyrrole nitrogens is 1. The molecule has 1 saturated heterocycles. The zero-order chi connectivity index (χ0) is 28.6. The van der Waals surface area contributed by atoms with Crippen molar-refractivity contribution in [2.75, 3.05) is 33.2 Å². The molecule has 2 aromatic carbocycles. The van der Waals surface area contributed by atoms with Gasteiger partial charge in [-0.15, -0.1) is 5.92 Å². The van der Waals surface area contributed by atoms with Gasteiger partial charge in [-0.05, 0) is 49.9 Å². The Balaban J connectivity index is 0.000000459. The first kappa shape index (κ1) is 29.5. The van der Waals surface area contributed by atoms with Crippen molar-refractivity contribution >= 4 is 23.0 Å². The van der Waals surface area contributed by atoms with Crippen LogP contribution in [-0.2, 0) is 11.2 Å². The molecule has 1 aliphatic rings. The monoisotopic (exact) mass is 544 g/mol. The molecule has 3 aromatic rings. The van der Waals surface area contributed by atoms with Crippen molar-refractivity contribution in [1.82, 2.24) is 20.0 Å². The normalized spacial score (nSPS) is 13.7. The fourth-order valence-corrected chi connectivity index (χ4v) is 4.02. The highest BCUT2D eigenvalue weighted by Gasteiger charge is 2.26. The maximum Gasteiger partial charge on any atom is 0.389 e. The lowest BCUT2D eigenvalue weighted by Gasteiger charge is -2.32. The molecule has 11 heteroatoms. The van der Waals surface area contributed by atoms with Gasteiger partial charge in [-0.2, -0.15) is 18.3 Å². The van der Waals surface area contributed by atoms with Crippen molar-refractivity contribution in [2.24, 2.45) is 0 Å². The van der Waals surface area contributed by atoms with Crippen molar-refractivity contribution in [3.05, 3.63) is 75.0 Å². The molecule has 1 fully saturated rings. The summed E-state index contributed by atoms with van der Waals surface area (Å²) in [5, 5.41) is 7.95. The molecule has 0 bridgehead atoms. The van der Waals surface area contributed by atoms with E-state index in [0.29, 0.717) is 36.0 Å². The molecule has 1 aliphatic heterocycles. The number of nitrogens with zero attached hydrogens (tertiary/aromatic N) is 3. The van der Waals surface area contributed by atoms with Gasteiger partial charge in [0.15, 0.2) is 0 Å². The Labute approximate surface area is 222 Å². The number of fused-ring (bicyclic) bond motifs is 1. The summed E-state index contributed by atoms with van der Waals surface area (Å²) >= 11 is 0. The number of alkyl halides is 3. The van der Waals surface area contributed by atoms with Crippen LogP contribution >= 0.6 is 0 Å². The van der Waals surface area contributed by atoms with E-state index >= 15 is 0 Å². The predicted octanol–water partition coefficient (Wildman–Crippen LogP) is 3.94. The standard InChI is InChI=1S/C24H23FN4O2.C4H5F3O/c1-3-4-16-5-7-18-19(13-16)22(26-27-23(18)30)15-17-6-8-21(25)20(14-17)24(31)29-11-9-28(2)10-12-29;5-4(6,7)2-1-3-8/h5-8,13-14H,9-12,15H2,1-2H3,(H,27,30);3H,1-2H2. The van der Waals surface area contributed by atoms with E-state index in [1.165, 1.54) is 6.07 Å². The number of halogens is 4. The molecule has 0 radical (unpaired) electrons. The average Bonchev–Trinajstić information content (AvgIpc) is 2.90. The second-order valence-electron chi connectivity index (χ2n) is 9.04. The second kappa shape index (κ2) is 13.2. The summed E-state index contributed by atoms with van der Waals surface area (Å²) < 4.78 is 47.7. The fraction of sp³-hybridized carbons (Fsp3) is 0.357. The largest absolute Gasteiger partial charge is 0.389 e. The summed E-state index contributed by atoms with van der Waals surface area (Å²) in [4.78, 5) is 38.3. The average molecular weight is 545 g/mol. The van der Waals surface area contributed by atoms with E-state index in [1.54, 1.807) is 36.1 Å². The predicted molar refractivity (Wildman–Crippen MR) is 139 cm³/mol. The van der Waals surface area contributed by atoms with E-state index in [9.17, 15) is 31.9 Å². The number of aldehydes is 1. The number of aromatic amines is 1. The number of carbonyl (C=O) groups is 2. The Morgan fingerprint density at radius 1 is 1.10 bits per heavy atom. The third kappa shape index (κ3) is 8.22. The maximum absolute atomic E-state index is 14.5. The molecule has 1 amide bonds. The van der Waals surface area contributed by atoms with Crippen LogP contribution in [0.2, 0.25) is 0 Å². The van der Waals surface area contributed by atoms with Crippen LogP contribution in [-0.4, -0.2) is 71.6 Å². The molecule has 0 spiro atoms. The van der Waals surface area contributed by atoms with Gasteiger partial charge in [-0.25, -0.2) is 9.49 Å². The molecule has 1 aromatic heterocycles. The topological polar surface area (TPSA) is 86.4 Å². The summed E-state index contributed by atoms with van der Waals surface area (Å²) in [5.41, 5.74) is 1.95. The molecule has 0 unspecified atom stereocenters. The van der Waals surface area contributed by atoms with Crippen molar-refractivity contribution < 1.29 is 27.2 Å². The van der Waals surface area contributed by atoms with E-state index in [-0.39, 0.29) is 23.3 Å². The van der Waals surface area contributed by atoms with Crippen LogP contribution < -0.4 is 5.56 Å². The van der Waals surface area contributed by atoms with E-state index in [2.05, 4.69) is 26.9 Å². The molecule has 0 saturated carbocycles. The van der Waals surface area contributed by atoms with Crippen LogP contribution in [0.25, 0.3) is 10.8 Å². The fourth-order valence-electron chi connectivity index (χ4n) is 4.02. The number of hydrogen-bond acceptors (Lipinski definition) is 5. The summed E-state index contributed by atoms with van der Waals surface area (Å²) in [6.07, 6.45) is -5.01. The highest BCUT2D eigenvalue weighted by Crippen LogP contribution is 2.21. The van der Waals surface area contributed by atoms with Crippen LogP contribution in [0.4, 0.5) is 17.6 Å². The summed E-state index contributed by atoms with van der Waals surface area (Å²) in [7, 11) is 2.00. The SMILES string of the molecule is CC#Cc1ccc2c(=O)[nH]nc(Cc3ccc(F)c(C(=O)N4CCN(C)CC4)c3)c2c1.O=CCCC(F)(F)F. The van der Waals surface area contributed by atoms with Crippen LogP contribution in [0.1, 0.15) is 46.9 Å². The van der Waals surface area contributed by atoms with Gasteiger partial charge in [0, 0.05) is 50.0 Å². The third-order valence-electron chi connectivity index (χ3n) is 6.11. The highest BCUT2D eigenvalue weighted by molar-refractivity contribution is 5.95. The van der Waals surface area contributed by atoms with Gasteiger partial charge in [-0.1, -0.05) is 12.0 Å². The summed E-state index contributed by atoms with van der Waals surface area (Å²) in [6.45, 7) is 4.43. The lowest BCUT2D eigenvalue weighted by Crippen LogP contribution is -2.47. The van der Waals surface area contributed by atoms with Crippen LogP contribution in [0, 0.1) is 17.7 Å². The molecule has 39 heavy (non-hydrogen) atoms. The highest BCUT2D eigenvalue weighted by atomic mass is 19.4. The Hall–Kier alpha value is -4.04. The van der Waals surface area contributed by atoms with Crippen LogP contribution in [0.5, 0.6) is 0 Å². The first-order valence-corrected chi connectivity index (χ1v) is 12.2. The van der Waals surface area contributed by atoms with Crippen molar-refractivity contribution in [3.8, 4) is 11.8 Å². The Morgan fingerprint density at radius 2 is 1.82 bits per heavy atom. The molecular weight excluding hydrogens is 516 g/mol. The van der Waals surface area contributed by atoms with Gasteiger partial charge < -0.3 is 14.6 Å². The number of likely N-dealkylation sites (N-methyl/N-ethyl adjacent to an activating group) is 1. The van der Waals surface area contributed by atoms with Crippen molar-refractivity contribution in [2.45, 2.75) is 32.4 Å². The molecule has 4 rings (SSSR count). The smallest absolute Gasteiger partial charge is 0.336 e. The van der Waals surface area contributed by atoms with Gasteiger partial charge >= 0.3 is 6.18 Å². The number of carbonyl (C=O) groups excluding carboxylic acids is 2. The first-order valence-electron chi connectivity index (χ1n) is 12.2. The lowest BCUT2D eigenvalue weighted by atomic mass is 10.0. The quantitative estimate of drug-likeness (QED) is 0.299. The minimum atomic E-state index is -4.18. The minimum Gasteiger partial charge on any atom is -0.336 e. The molecule has 206 valence electrons.